The molecule has 1 aliphatic heterocycles. The van der Waals surface area contributed by atoms with Gasteiger partial charge in [0.05, 0.1) is 0 Å². The van der Waals surface area contributed by atoms with Gasteiger partial charge in [-0.2, -0.15) is 0 Å². The van der Waals surface area contributed by atoms with Gasteiger partial charge in [0.25, 0.3) is 6.43 Å². The molecule has 1 aliphatic rings. The molecule has 0 aliphatic carbocycles. The van der Waals surface area contributed by atoms with E-state index in [1.54, 1.807) is 0 Å². The van der Waals surface area contributed by atoms with Gasteiger partial charge in [-0.3, -0.25) is 0 Å². The van der Waals surface area contributed by atoms with Gasteiger partial charge in [0.15, 0.2) is 0 Å². The predicted molar refractivity (Wildman–Crippen MR) is 61.1 cm³/mol. The molecule has 2 N–H and O–H groups in total. The van der Waals surface area contributed by atoms with E-state index in [0.717, 1.165) is 5.56 Å². The number of hydrogen-bond acceptors (Lipinski definition) is 3. The van der Waals surface area contributed by atoms with Crippen molar-refractivity contribution < 1.29 is 18.3 Å². The largest absolute Gasteiger partial charge is 0.445 e. The molecule has 0 unspecified atom stereocenters. The van der Waals surface area contributed by atoms with Crippen LogP contribution in [0, 0.1) is 0 Å². The van der Waals surface area contributed by atoms with Crippen molar-refractivity contribution in [2.24, 2.45) is 5.73 Å². The molecule has 4 nitrogen and oxygen atoms in total. The Balaban J connectivity index is 1.78. The molecule has 6 heteroatoms. The minimum absolute atomic E-state index is 0.127. The van der Waals surface area contributed by atoms with Crippen molar-refractivity contribution in [3.8, 4) is 0 Å². The maximum Gasteiger partial charge on any atom is 0.410 e. The summed E-state index contributed by atoms with van der Waals surface area (Å²) < 4.78 is 29.9. The van der Waals surface area contributed by atoms with Crippen LogP contribution in [0.25, 0.3) is 0 Å². The van der Waals surface area contributed by atoms with E-state index in [0.29, 0.717) is 0 Å². The smallest absolute Gasteiger partial charge is 0.410 e. The van der Waals surface area contributed by atoms with Gasteiger partial charge in [0, 0.05) is 13.1 Å². The van der Waals surface area contributed by atoms with Crippen LogP contribution in [0.5, 0.6) is 0 Å². The topological polar surface area (TPSA) is 55.6 Å². The molecule has 0 spiro atoms. The van der Waals surface area contributed by atoms with Crippen LogP contribution in [-0.2, 0) is 11.3 Å². The van der Waals surface area contributed by atoms with Gasteiger partial charge in [0.1, 0.15) is 12.1 Å². The standard InChI is InChI=1S/C12H14F2N2O2/c13-10(14)12(15)7-16(8-12)11(17)18-6-9-4-2-1-3-5-9/h1-5,10H,6-8,15H2. The molecule has 0 aromatic heterocycles. The minimum Gasteiger partial charge on any atom is -0.445 e. The van der Waals surface area contributed by atoms with Crippen molar-refractivity contribution in [3.63, 3.8) is 0 Å². The summed E-state index contributed by atoms with van der Waals surface area (Å²) in [4.78, 5) is 12.7. The molecule has 0 bridgehead atoms. The van der Waals surface area contributed by atoms with Gasteiger partial charge in [-0.1, -0.05) is 30.3 Å². The zero-order valence-electron chi connectivity index (χ0n) is 9.68. The van der Waals surface area contributed by atoms with E-state index in [9.17, 15) is 13.6 Å². The van der Waals surface area contributed by atoms with Crippen LogP contribution < -0.4 is 5.73 Å². The number of benzene rings is 1. The first kappa shape index (κ1) is 12.8. The molecular formula is C12H14F2N2O2. The Morgan fingerprint density at radius 1 is 1.39 bits per heavy atom. The van der Waals surface area contributed by atoms with Crippen LogP contribution >= 0.6 is 0 Å². The fraction of sp³-hybridized carbons (Fsp3) is 0.417. The fourth-order valence-corrected chi connectivity index (χ4v) is 1.74. The molecule has 1 heterocycles. The molecule has 0 saturated carbocycles. The van der Waals surface area contributed by atoms with E-state index in [1.807, 2.05) is 30.3 Å². The summed E-state index contributed by atoms with van der Waals surface area (Å²) in [5, 5.41) is 0. The average molecular weight is 256 g/mol. The Morgan fingerprint density at radius 3 is 2.56 bits per heavy atom. The molecule has 1 aromatic rings. The van der Waals surface area contributed by atoms with E-state index >= 15 is 0 Å². The van der Waals surface area contributed by atoms with Crippen LogP contribution in [0.2, 0.25) is 0 Å². The quantitative estimate of drug-likeness (QED) is 0.893. The van der Waals surface area contributed by atoms with Crippen molar-refractivity contribution in [1.29, 1.82) is 0 Å². The van der Waals surface area contributed by atoms with Gasteiger partial charge in [-0.25, -0.2) is 13.6 Å². The van der Waals surface area contributed by atoms with E-state index in [1.165, 1.54) is 4.90 Å². The molecule has 1 amide bonds. The Kier molecular flexibility index (Phi) is 3.47. The van der Waals surface area contributed by atoms with Gasteiger partial charge in [0.2, 0.25) is 0 Å². The van der Waals surface area contributed by atoms with Gasteiger partial charge >= 0.3 is 6.09 Å². The van der Waals surface area contributed by atoms with E-state index < -0.39 is 18.1 Å². The van der Waals surface area contributed by atoms with Crippen LogP contribution in [0.1, 0.15) is 5.56 Å². The SMILES string of the molecule is NC1(C(F)F)CN(C(=O)OCc2ccccc2)C1. The normalized spacial score (nSPS) is 17.4. The van der Waals surface area contributed by atoms with Crippen molar-refractivity contribution in [2.45, 2.75) is 18.6 Å². The Labute approximate surface area is 103 Å². The third kappa shape index (κ3) is 2.59. The van der Waals surface area contributed by atoms with Crippen LogP contribution in [0.4, 0.5) is 13.6 Å². The predicted octanol–water partition coefficient (Wildman–Crippen LogP) is 1.60. The third-order valence-electron chi connectivity index (χ3n) is 2.87. The zero-order valence-corrected chi connectivity index (χ0v) is 9.68. The Morgan fingerprint density at radius 2 is 2.00 bits per heavy atom. The zero-order chi connectivity index (χ0) is 13.2. The number of alkyl halides is 2. The number of carbonyl (C=O) groups is 1. The lowest BCUT2D eigenvalue weighted by molar-refractivity contribution is -0.0447. The highest BCUT2D eigenvalue weighted by atomic mass is 19.3. The summed E-state index contributed by atoms with van der Waals surface area (Å²) in [5.41, 5.74) is 4.65. The number of halogens is 2. The second kappa shape index (κ2) is 4.89. The number of carbonyl (C=O) groups excluding carboxylic acids is 1. The molecule has 2 rings (SSSR count). The summed E-state index contributed by atoms with van der Waals surface area (Å²) in [6.45, 7) is -0.209. The lowest BCUT2D eigenvalue weighted by atomic mass is 9.92. The highest BCUT2D eigenvalue weighted by Gasteiger charge is 2.49. The molecule has 1 aromatic carbocycles. The highest BCUT2D eigenvalue weighted by molar-refractivity contribution is 5.69. The molecule has 0 radical (unpaired) electrons. The lowest BCUT2D eigenvalue weighted by Gasteiger charge is -2.45. The number of nitrogens with zero attached hydrogens (tertiary/aromatic N) is 1. The summed E-state index contributed by atoms with van der Waals surface area (Å²) >= 11 is 0. The van der Waals surface area contributed by atoms with Crippen LogP contribution in [-0.4, -0.2) is 36.0 Å². The first-order chi connectivity index (χ1) is 8.51. The second-order valence-electron chi connectivity index (χ2n) is 4.43. The summed E-state index contributed by atoms with van der Waals surface area (Å²) in [7, 11) is 0. The number of amides is 1. The molecule has 1 fully saturated rings. The summed E-state index contributed by atoms with van der Waals surface area (Å²) in [6, 6.07) is 9.14. The Hall–Kier alpha value is -1.69. The molecule has 98 valence electrons. The maximum atomic E-state index is 12.4. The number of ether oxygens (including phenoxy) is 1. The summed E-state index contributed by atoms with van der Waals surface area (Å²) in [5.74, 6) is 0. The number of nitrogens with two attached hydrogens (primary N) is 1. The van der Waals surface area contributed by atoms with Gasteiger partial charge in [-0.15, -0.1) is 0 Å². The van der Waals surface area contributed by atoms with Crippen LogP contribution in [0.3, 0.4) is 0 Å². The highest BCUT2D eigenvalue weighted by Crippen LogP contribution is 2.25. The fourth-order valence-electron chi connectivity index (χ4n) is 1.74. The third-order valence-corrected chi connectivity index (χ3v) is 2.87. The number of rotatable bonds is 3. The maximum absolute atomic E-state index is 12.4. The molecule has 0 atom stereocenters. The minimum atomic E-state index is -2.63. The first-order valence-corrected chi connectivity index (χ1v) is 5.54. The molecular weight excluding hydrogens is 242 g/mol. The molecule has 18 heavy (non-hydrogen) atoms. The number of hydrogen-bond donors (Lipinski definition) is 1. The Bertz CT molecular complexity index is 419. The van der Waals surface area contributed by atoms with Gasteiger partial charge < -0.3 is 15.4 Å². The number of likely N-dealkylation sites (tertiary alicyclic amines) is 1. The summed E-state index contributed by atoms with van der Waals surface area (Å²) in [6.07, 6.45) is -3.24. The first-order valence-electron chi connectivity index (χ1n) is 5.54. The van der Waals surface area contributed by atoms with Crippen molar-refractivity contribution in [1.82, 2.24) is 4.90 Å². The van der Waals surface area contributed by atoms with Gasteiger partial charge in [-0.05, 0) is 5.56 Å². The van der Waals surface area contributed by atoms with E-state index in [4.69, 9.17) is 10.5 Å². The second-order valence-corrected chi connectivity index (χ2v) is 4.43. The lowest BCUT2D eigenvalue weighted by Crippen LogP contribution is -2.72. The van der Waals surface area contributed by atoms with Crippen molar-refractivity contribution in [3.05, 3.63) is 35.9 Å². The van der Waals surface area contributed by atoms with E-state index in [2.05, 4.69) is 0 Å². The monoisotopic (exact) mass is 256 g/mol. The van der Waals surface area contributed by atoms with Crippen molar-refractivity contribution >= 4 is 6.09 Å². The average Bonchev–Trinajstić information content (AvgIpc) is 2.33. The van der Waals surface area contributed by atoms with Crippen molar-refractivity contribution in [2.75, 3.05) is 13.1 Å². The van der Waals surface area contributed by atoms with Crippen LogP contribution in [0.15, 0.2) is 30.3 Å². The molecule has 1 saturated heterocycles. The van der Waals surface area contributed by atoms with E-state index in [-0.39, 0.29) is 19.7 Å².